The van der Waals surface area contributed by atoms with Crippen LogP contribution in [0.1, 0.15) is 89.4 Å². The second-order valence-electron chi connectivity index (χ2n) is 11.8. The van der Waals surface area contributed by atoms with Crippen molar-refractivity contribution < 1.29 is 33.8 Å². The van der Waals surface area contributed by atoms with Crippen molar-refractivity contribution in [2.45, 2.75) is 95.4 Å². The Hall–Kier alpha value is -3.72. The highest BCUT2D eigenvalue weighted by Crippen LogP contribution is 2.34. The van der Waals surface area contributed by atoms with Crippen molar-refractivity contribution >= 4 is 23.8 Å². The Balaban J connectivity index is 2.06. The molecule has 2 aromatic rings. The molecule has 41 heavy (non-hydrogen) atoms. The maximum atomic E-state index is 14.3. The summed E-state index contributed by atoms with van der Waals surface area (Å²) in [6.07, 6.45) is 3.95. The van der Waals surface area contributed by atoms with E-state index in [2.05, 4.69) is 5.32 Å². The number of nitrogens with one attached hydrogen (secondary N) is 1. The first-order chi connectivity index (χ1) is 19.4. The monoisotopic (exact) mass is 566 g/mol. The molecule has 0 aromatic heterocycles. The van der Waals surface area contributed by atoms with E-state index in [1.807, 2.05) is 60.7 Å². The highest BCUT2D eigenvalue weighted by molar-refractivity contribution is 6.08. The normalized spacial score (nSPS) is 16.3. The SMILES string of the molecule is CC(C)(C)OC(=O)C(CCC1CCCCC1)(NC(=O)[C@@H](N)CC(=O)O)C(=O)OC(c1ccccc1)c1ccccc1. The fourth-order valence-electron chi connectivity index (χ4n) is 5.09. The van der Waals surface area contributed by atoms with Crippen LogP contribution >= 0.6 is 0 Å². The van der Waals surface area contributed by atoms with Gasteiger partial charge in [-0.25, -0.2) is 9.59 Å². The van der Waals surface area contributed by atoms with Crippen LogP contribution in [0.15, 0.2) is 60.7 Å². The second-order valence-corrected chi connectivity index (χ2v) is 11.8. The Morgan fingerprint density at radius 3 is 1.93 bits per heavy atom. The van der Waals surface area contributed by atoms with Crippen LogP contribution in [0.3, 0.4) is 0 Å². The van der Waals surface area contributed by atoms with Crippen LogP contribution in [-0.4, -0.2) is 46.1 Å². The third-order valence-corrected chi connectivity index (χ3v) is 7.25. The first-order valence-electron chi connectivity index (χ1n) is 14.2. The smallest absolute Gasteiger partial charge is 0.344 e. The van der Waals surface area contributed by atoms with Crippen LogP contribution < -0.4 is 11.1 Å². The number of carboxylic acid groups (broad SMARTS) is 1. The Morgan fingerprint density at radius 2 is 1.44 bits per heavy atom. The van der Waals surface area contributed by atoms with Crippen molar-refractivity contribution in [1.29, 1.82) is 0 Å². The number of carbonyl (C=O) groups excluding carboxylic acids is 3. The van der Waals surface area contributed by atoms with Gasteiger partial charge in [0.05, 0.1) is 12.5 Å². The van der Waals surface area contributed by atoms with E-state index < -0.39 is 53.5 Å². The summed E-state index contributed by atoms with van der Waals surface area (Å²) >= 11 is 0. The minimum atomic E-state index is -2.24. The van der Waals surface area contributed by atoms with Crippen molar-refractivity contribution in [3.63, 3.8) is 0 Å². The summed E-state index contributed by atoms with van der Waals surface area (Å²) in [5.41, 5.74) is 4.00. The Kier molecular flexibility index (Phi) is 11.1. The van der Waals surface area contributed by atoms with Gasteiger partial charge in [0.2, 0.25) is 11.4 Å². The molecular weight excluding hydrogens is 524 g/mol. The summed E-state index contributed by atoms with van der Waals surface area (Å²) in [5, 5.41) is 11.7. The van der Waals surface area contributed by atoms with Gasteiger partial charge in [-0.15, -0.1) is 0 Å². The van der Waals surface area contributed by atoms with Crippen LogP contribution in [0.4, 0.5) is 0 Å². The van der Waals surface area contributed by atoms with E-state index in [4.69, 9.17) is 15.2 Å². The molecule has 1 fully saturated rings. The van der Waals surface area contributed by atoms with Crippen LogP contribution in [0, 0.1) is 5.92 Å². The molecule has 0 aliphatic heterocycles. The van der Waals surface area contributed by atoms with Crippen LogP contribution in [0.2, 0.25) is 0 Å². The third kappa shape index (κ3) is 9.14. The molecule has 1 aliphatic rings. The van der Waals surface area contributed by atoms with Gasteiger partial charge in [0, 0.05) is 0 Å². The molecule has 0 radical (unpaired) electrons. The van der Waals surface area contributed by atoms with E-state index >= 15 is 0 Å². The molecule has 9 nitrogen and oxygen atoms in total. The molecule has 0 saturated heterocycles. The van der Waals surface area contributed by atoms with Gasteiger partial charge in [-0.3, -0.25) is 9.59 Å². The molecule has 2 aromatic carbocycles. The average molecular weight is 567 g/mol. The fourth-order valence-corrected chi connectivity index (χ4v) is 5.09. The second kappa shape index (κ2) is 14.3. The molecule has 2 atom stereocenters. The van der Waals surface area contributed by atoms with E-state index in [-0.39, 0.29) is 12.3 Å². The molecular formula is C32H42N2O7. The summed E-state index contributed by atoms with van der Waals surface area (Å²) < 4.78 is 11.8. The van der Waals surface area contributed by atoms with Crippen LogP contribution in [-0.2, 0) is 28.7 Å². The van der Waals surface area contributed by atoms with Gasteiger partial charge >= 0.3 is 17.9 Å². The lowest BCUT2D eigenvalue weighted by Crippen LogP contribution is -2.65. The lowest BCUT2D eigenvalue weighted by atomic mass is 9.81. The maximum Gasteiger partial charge on any atom is 0.344 e. The molecule has 0 spiro atoms. The molecule has 1 saturated carbocycles. The lowest BCUT2D eigenvalue weighted by Gasteiger charge is -2.36. The Morgan fingerprint density at radius 1 is 0.902 bits per heavy atom. The fraction of sp³-hybridized carbons (Fsp3) is 0.500. The lowest BCUT2D eigenvalue weighted by molar-refractivity contribution is -0.178. The molecule has 0 bridgehead atoms. The van der Waals surface area contributed by atoms with Gasteiger partial charge < -0.3 is 25.6 Å². The van der Waals surface area contributed by atoms with Gasteiger partial charge in [-0.1, -0.05) is 92.8 Å². The minimum Gasteiger partial charge on any atom is -0.481 e. The predicted molar refractivity (Wildman–Crippen MR) is 154 cm³/mol. The average Bonchev–Trinajstić information content (AvgIpc) is 2.94. The molecule has 1 amide bonds. The number of carbonyl (C=O) groups is 4. The van der Waals surface area contributed by atoms with Crippen molar-refractivity contribution in [2.24, 2.45) is 11.7 Å². The highest BCUT2D eigenvalue weighted by Gasteiger charge is 2.53. The zero-order valence-electron chi connectivity index (χ0n) is 24.1. The van der Waals surface area contributed by atoms with Gasteiger partial charge in [-0.05, 0) is 50.7 Å². The molecule has 222 valence electrons. The van der Waals surface area contributed by atoms with Gasteiger partial charge in [0.1, 0.15) is 5.60 Å². The molecule has 1 unspecified atom stereocenters. The summed E-state index contributed by atoms with van der Waals surface area (Å²) in [7, 11) is 0. The molecule has 0 heterocycles. The summed E-state index contributed by atoms with van der Waals surface area (Å²) in [4.78, 5) is 52.8. The number of amides is 1. The van der Waals surface area contributed by atoms with Gasteiger partial charge in [0.15, 0.2) is 6.10 Å². The van der Waals surface area contributed by atoms with Gasteiger partial charge in [-0.2, -0.15) is 0 Å². The largest absolute Gasteiger partial charge is 0.481 e. The Labute approximate surface area is 241 Å². The molecule has 9 heteroatoms. The number of rotatable bonds is 12. The summed E-state index contributed by atoms with van der Waals surface area (Å²) in [6, 6.07) is 16.7. The number of hydrogen-bond acceptors (Lipinski definition) is 7. The zero-order valence-corrected chi connectivity index (χ0v) is 24.1. The van der Waals surface area contributed by atoms with E-state index in [1.54, 1.807) is 20.8 Å². The number of esters is 2. The number of ether oxygens (including phenoxy) is 2. The zero-order chi connectivity index (χ0) is 30.0. The summed E-state index contributed by atoms with van der Waals surface area (Å²) in [6.45, 7) is 4.99. The highest BCUT2D eigenvalue weighted by atomic mass is 16.6. The third-order valence-electron chi connectivity index (χ3n) is 7.25. The number of hydrogen-bond donors (Lipinski definition) is 3. The topological polar surface area (TPSA) is 145 Å². The van der Waals surface area contributed by atoms with E-state index in [0.717, 1.165) is 32.1 Å². The van der Waals surface area contributed by atoms with Crippen molar-refractivity contribution in [3.05, 3.63) is 71.8 Å². The van der Waals surface area contributed by atoms with Crippen molar-refractivity contribution in [3.8, 4) is 0 Å². The molecule has 4 N–H and O–H groups in total. The number of benzene rings is 2. The molecule has 3 rings (SSSR count). The summed E-state index contributed by atoms with van der Waals surface area (Å²) in [5.74, 6) is -3.94. The van der Waals surface area contributed by atoms with E-state index in [1.165, 1.54) is 0 Å². The maximum absolute atomic E-state index is 14.3. The van der Waals surface area contributed by atoms with Crippen molar-refractivity contribution in [2.75, 3.05) is 0 Å². The van der Waals surface area contributed by atoms with Gasteiger partial charge in [0.25, 0.3) is 0 Å². The van der Waals surface area contributed by atoms with Crippen molar-refractivity contribution in [1.82, 2.24) is 5.32 Å². The van der Waals surface area contributed by atoms with Crippen LogP contribution in [0.5, 0.6) is 0 Å². The Bertz CT molecular complexity index is 1130. The number of carboxylic acids is 1. The number of aliphatic carboxylic acids is 1. The quantitative estimate of drug-likeness (QED) is 0.248. The minimum absolute atomic E-state index is 0.0761. The standard InChI is InChI=1S/C32H42N2O7/c1-31(2,3)41-30(39)32(20-19-22-13-7-4-8-14-22,34-28(37)25(33)21-26(35)36)29(38)40-27(23-15-9-5-10-16-23)24-17-11-6-12-18-24/h5-6,9-12,15-18,22,25,27H,4,7-8,13-14,19-21,33H2,1-3H3,(H,34,37)(H,35,36)/t25-,32?/m0/s1. The number of nitrogens with two attached hydrogens (primary N) is 1. The first kappa shape index (κ1) is 31.8. The van der Waals surface area contributed by atoms with E-state index in [9.17, 15) is 24.3 Å². The first-order valence-corrected chi connectivity index (χ1v) is 14.2. The predicted octanol–water partition coefficient (Wildman–Crippen LogP) is 4.68. The van der Waals surface area contributed by atoms with E-state index in [0.29, 0.717) is 17.5 Å². The van der Waals surface area contributed by atoms with Crippen LogP contribution in [0.25, 0.3) is 0 Å². The molecule has 1 aliphatic carbocycles.